The van der Waals surface area contributed by atoms with Crippen LogP contribution < -0.4 is 0 Å². The van der Waals surface area contributed by atoms with E-state index in [0.29, 0.717) is 31.4 Å². The van der Waals surface area contributed by atoms with Crippen LogP contribution in [0.2, 0.25) is 0 Å². The summed E-state index contributed by atoms with van der Waals surface area (Å²) in [6.45, 7) is 6.27. The molecule has 1 N–H and O–H groups in total. The lowest BCUT2D eigenvalue weighted by atomic mass is 9.96. The fraction of sp³-hybridized carbons (Fsp3) is 0.682. The molecule has 11 heteroatoms. The predicted octanol–water partition coefficient (Wildman–Crippen LogP) is 2.05. The maximum absolute atomic E-state index is 12.3. The van der Waals surface area contributed by atoms with Crippen LogP contribution in [0.25, 0.3) is 0 Å². The molecule has 0 aliphatic carbocycles. The Kier molecular flexibility index (Phi) is 11.5. The average molecular weight is 472 g/mol. The van der Waals surface area contributed by atoms with E-state index in [2.05, 4.69) is 0 Å². The fourth-order valence-electron chi connectivity index (χ4n) is 3.04. The van der Waals surface area contributed by atoms with E-state index in [-0.39, 0.29) is 25.9 Å². The molecule has 0 aromatic rings. The lowest BCUT2D eigenvalue weighted by molar-refractivity contribution is -0.321. The van der Waals surface area contributed by atoms with Crippen molar-refractivity contribution in [3.05, 3.63) is 12.2 Å². The maximum Gasteiger partial charge on any atom is 0.333 e. The Bertz CT molecular complexity index is 745. The van der Waals surface area contributed by atoms with Crippen molar-refractivity contribution < 1.29 is 52.8 Å². The van der Waals surface area contributed by atoms with Crippen LogP contribution in [0.3, 0.4) is 0 Å². The molecule has 1 aliphatic heterocycles. The number of carbonyl (C=O) groups is 5. The van der Waals surface area contributed by atoms with Crippen LogP contribution >= 0.6 is 0 Å². The number of carboxylic acid groups (broad SMARTS) is 1. The van der Waals surface area contributed by atoms with Crippen LogP contribution in [0.15, 0.2) is 12.2 Å². The van der Waals surface area contributed by atoms with E-state index in [1.807, 2.05) is 0 Å². The molecule has 0 bridgehead atoms. The highest BCUT2D eigenvalue weighted by Gasteiger charge is 2.56. The van der Waals surface area contributed by atoms with Crippen molar-refractivity contribution >= 4 is 29.8 Å². The number of rotatable bonds is 12. The van der Waals surface area contributed by atoms with E-state index in [0.717, 1.165) is 0 Å². The summed E-state index contributed by atoms with van der Waals surface area (Å²) in [5.74, 6) is -6.28. The van der Waals surface area contributed by atoms with Gasteiger partial charge in [0.15, 0.2) is 12.2 Å². The highest BCUT2D eigenvalue weighted by Crippen LogP contribution is 2.34. The number of ether oxygens (including phenoxy) is 5. The van der Waals surface area contributed by atoms with E-state index >= 15 is 0 Å². The van der Waals surface area contributed by atoms with Crippen molar-refractivity contribution in [3.8, 4) is 0 Å². The van der Waals surface area contributed by atoms with Gasteiger partial charge in [-0.15, -0.1) is 0 Å². The summed E-state index contributed by atoms with van der Waals surface area (Å²) >= 11 is 0. The first-order chi connectivity index (χ1) is 15.6. The van der Waals surface area contributed by atoms with Crippen LogP contribution in [0.5, 0.6) is 0 Å². The van der Waals surface area contributed by atoms with Crippen molar-refractivity contribution in [2.24, 2.45) is 0 Å². The summed E-state index contributed by atoms with van der Waals surface area (Å²) < 4.78 is 27.3. The third-order valence-corrected chi connectivity index (χ3v) is 4.55. The number of carboxylic acids is 1. The number of aliphatic carboxylic acids is 1. The summed E-state index contributed by atoms with van der Waals surface area (Å²) in [4.78, 5) is 59.6. The molecule has 0 amide bonds. The van der Waals surface area contributed by atoms with Crippen LogP contribution in [0, 0.1) is 0 Å². The van der Waals surface area contributed by atoms with Gasteiger partial charge < -0.3 is 28.8 Å². The topological polar surface area (TPSA) is 152 Å². The zero-order valence-electron chi connectivity index (χ0n) is 19.4. The predicted molar refractivity (Wildman–Crippen MR) is 112 cm³/mol. The Morgan fingerprint density at radius 1 is 0.879 bits per heavy atom. The van der Waals surface area contributed by atoms with Crippen molar-refractivity contribution in [2.75, 3.05) is 6.61 Å². The molecule has 33 heavy (non-hydrogen) atoms. The van der Waals surface area contributed by atoms with Gasteiger partial charge in [0, 0.05) is 38.3 Å². The van der Waals surface area contributed by atoms with Gasteiger partial charge in [-0.05, 0) is 19.3 Å². The van der Waals surface area contributed by atoms with Gasteiger partial charge in [0.05, 0.1) is 6.61 Å². The first kappa shape index (κ1) is 28.1. The zero-order valence-corrected chi connectivity index (χ0v) is 19.4. The summed E-state index contributed by atoms with van der Waals surface area (Å²) in [5, 5.41) is 8.72. The molecule has 1 aliphatic rings. The third kappa shape index (κ3) is 9.21. The monoisotopic (exact) mass is 472 g/mol. The molecule has 0 saturated carbocycles. The van der Waals surface area contributed by atoms with Gasteiger partial charge in [0.1, 0.15) is 0 Å². The molecule has 0 unspecified atom stereocenters. The van der Waals surface area contributed by atoms with Crippen LogP contribution in [-0.4, -0.2) is 65.7 Å². The van der Waals surface area contributed by atoms with Crippen LogP contribution in [0.1, 0.15) is 66.2 Å². The average Bonchev–Trinajstić information content (AvgIpc) is 2.72. The maximum atomic E-state index is 12.3. The normalized spacial score (nSPS) is 24.7. The van der Waals surface area contributed by atoms with E-state index in [1.165, 1.54) is 6.92 Å². The van der Waals surface area contributed by atoms with E-state index in [4.69, 9.17) is 28.8 Å². The second-order valence-corrected chi connectivity index (χ2v) is 7.56. The molecule has 1 fully saturated rings. The summed E-state index contributed by atoms with van der Waals surface area (Å²) in [6.07, 6.45) is -1.04. The quantitative estimate of drug-likeness (QED) is 0.252. The zero-order chi connectivity index (χ0) is 25.0. The summed E-state index contributed by atoms with van der Waals surface area (Å²) in [6, 6.07) is 0. The lowest BCUT2D eigenvalue weighted by Crippen LogP contribution is -2.64. The molecule has 1 heterocycles. The van der Waals surface area contributed by atoms with Crippen molar-refractivity contribution in [1.82, 2.24) is 0 Å². The number of esters is 4. The van der Waals surface area contributed by atoms with Gasteiger partial charge in [0.25, 0.3) is 5.79 Å². The molecular weight excluding hydrogens is 440 g/mol. The molecule has 1 saturated heterocycles. The second-order valence-electron chi connectivity index (χ2n) is 7.56. The standard InChI is InChI=1S/C22H32O11/c1-5-8-16(25)30-14-13-29-22(4,33-19(28)12-11-15(23)24)21(32-18(27)10-7-3)20(14)31-17(26)9-6-2/h11-12,14,20-21H,5-10,13H2,1-4H3,(H,23,24)/b12-11+/t14-,20-,21+,22+/m0/s1. The first-order valence-corrected chi connectivity index (χ1v) is 10.9. The molecule has 0 aromatic carbocycles. The number of hydrogen-bond donors (Lipinski definition) is 1. The Morgan fingerprint density at radius 2 is 1.39 bits per heavy atom. The van der Waals surface area contributed by atoms with Gasteiger partial charge in [-0.2, -0.15) is 0 Å². The Hall–Kier alpha value is -2.95. The Labute approximate surface area is 192 Å². The number of hydrogen-bond acceptors (Lipinski definition) is 10. The lowest BCUT2D eigenvalue weighted by Gasteiger charge is -2.45. The van der Waals surface area contributed by atoms with Gasteiger partial charge in [0.2, 0.25) is 6.10 Å². The second kappa shape index (κ2) is 13.6. The fourth-order valence-corrected chi connectivity index (χ4v) is 3.04. The molecule has 0 radical (unpaired) electrons. The van der Waals surface area contributed by atoms with Crippen molar-refractivity contribution in [2.45, 2.75) is 90.3 Å². The minimum Gasteiger partial charge on any atom is -0.478 e. The van der Waals surface area contributed by atoms with Crippen LogP contribution in [0.4, 0.5) is 0 Å². The molecule has 4 atom stereocenters. The first-order valence-electron chi connectivity index (χ1n) is 10.9. The minimum atomic E-state index is -1.95. The molecule has 1 rings (SSSR count). The third-order valence-electron chi connectivity index (χ3n) is 4.55. The Balaban J connectivity index is 3.31. The van der Waals surface area contributed by atoms with Gasteiger partial charge >= 0.3 is 29.8 Å². The van der Waals surface area contributed by atoms with Crippen molar-refractivity contribution in [1.29, 1.82) is 0 Å². The van der Waals surface area contributed by atoms with Crippen LogP contribution in [-0.2, 0) is 47.7 Å². The van der Waals surface area contributed by atoms with Gasteiger partial charge in [-0.25, -0.2) is 9.59 Å². The smallest absolute Gasteiger partial charge is 0.333 e. The molecule has 11 nitrogen and oxygen atoms in total. The molecule has 0 spiro atoms. The Morgan fingerprint density at radius 3 is 1.91 bits per heavy atom. The van der Waals surface area contributed by atoms with Gasteiger partial charge in [-0.1, -0.05) is 20.8 Å². The largest absolute Gasteiger partial charge is 0.478 e. The summed E-state index contributed by atoms with van der Waals surface area (Å²) in [5.41, 5.74) is 0. The minimum absolute atomic E-state index is 0.0232. The van der Waals surface area contributed by atoms with Gasteiger partial charge in [-0.3, -0.25) is 14.4 Å². The van der Waals surface area contributed by atoms with E-state index in [1.54, 1.807) is 20.8 Å². The highest BCUT2D eigenvalue weighted by atomic mass is 16.8. The summed E-state index contributed by atoms with van der Waals surface area (Å²) in [7, 11) is 0. The molecule has 186 valence electrons. The molecule has 0 aromatic heterocycles. The SMILES string of the molecule is CCCC(=O)O[C@H]1[C@@H](OC(=O)CCC)CO[C@](C)(OC(=O)/C=C/C(=O)O)[C@@H]1OC(=O)CCC. The molecular formula is C22H32O11. The van der Waals surface area contributed by atoms with Crippen molar-refractivity contribution in [3.63, 3.8) is 0 Å². The highest BCUT2D eigenvalue weighted by molar-refractivity contribution is 5.90. The van der Waals surface area contributed by atoms with E-state index < -0.39 is 53.9 Å². The van der Waals surface area contributed by atoms with E-state index in [9.17, 15) is 24.0 Å². The number of carbonyl (C=O) groups excluding carboxylic acids is 4.